The van der Waals surface area contributed by atoms with Gasteiger partial charge in [-0.05, 0) is 48.7 Å². The van der Waals surface area contributed by atoms with E-state index in [9.17, 15) is 9.18 Å². The second-order valence-electron chi connectivity index (χ2n) is 5.84. The number of benzene rings is 1. The Morgan fingerprint density at radius 1 is 1.25 bits per heavy atom. The molecule has 1 aliphatic rings. The summed E-state index contributed by atoms with van der Waals surface area (Å²) in [5.74, 6) is -0.457. The van der Waals surface area contributed by atoms with E-state index in [1.165, 1.54) is 12.1 Å². The van der Waals surface area contributed by atoms with Crippen molar-refractivity contribution in [1.29, 1.82) is 0 Å². The number of hydrogen-bond donors (Lipinski definition) is 2. The van der Waals surface area contributed by atoms with Gasteiger partial charge in [-0.15, -0.1) is 0 Å². The first-order chi connectivity index (χ1) is 11.7. The van der Waals surface area contributed by atoms with Crippen LogP contribution in [-0.2, 0) is 0 Å². The summed E-state index contributed by atoms with van der Waals surface area (Å²) in [5.41, 5.74) is 3.07. The first kappa shape index (κ1) is 14.6. The highest BCUT2D eigenvalue weighted by Crippen LogP contribution is 2.20. The van der Waals surface area contributed by atoms with Crippen molar-refractivity contribution in [2.45, 2.75) is 18.9 Å². The Balaban J connectivity index is 1.64. The van der Waals surface area contributed by atoms with E-state index in [2.05, 4.69) is 20.5 Å². The molecule has 1 fully saturated rings. The van der Waals surface area contributed by atoms with Crippen molar-refractivity contribution in [2.24, 2.45) is 0 Å². The summed E-state index contributed by atoms with van der Waals surface area (Å²) in [7, 11) is 0. The van der Waals surface area contributed by atoms with Crippen LogP contribution in [0.2, 0.25) is 0 Å². The molecular weight excluding hydrogens is 307 g/mol. The number of nitrogens with zero attached hydrogens (tertiary/aromatic N) is 2. The molecule has 0 unspecified atom stereocenters. The highest BCUT2D eigenvalue weighted by atomic mass is 19.1. The molecule has 120 valence electrons. The maximum Gasteiger partial charge on any atom is 0.270 e. The molecule has 3 aromatic rings. The quantitative estimate of drug-likeness (QED) is 0.775. The topological polar surface area (TPSA) is 70.7 Å². The fraction of sp³-hybridized carbons (Fsp3) is 0.167. The van der Waals surface area contributed by atoms with Gasteiger partial charge in [-0.2, -0.15) is 5.10 Å². The van der Waals surface area contributed by atoms with Crippen LogP contribution in [0.3, 0.4) is 0 Å². The lowest BCUT2D eigenvalue weighted by molar-refractivity contribution is 0.0946. The average Bonchev–Trinajstić information content (AvgIpc) is 3.30. The van der Waals surface area contributed by atoms with Crippen molar-refractivity contribution in [1.82, 2.24) is 20.5 Å². The van der Waals surface area contributed by atoms with Gasteiger partial charge in [-0.25, -0.2) is 9.37 Å². The van der Waals surface area contributed by atoms with Gasteiger partial charge in [0.15, 0.2) is 0 Å². The minimum atomic E-state index is -0.291. The van der Waals surface area contributed by atoms with E-state index in [1.807, 2.05) is 0 Å². The van der Waals surface area contributed by atoms with Crippen LogP contribution in [0.5, 0.6) is 0 Å². The number of carbonyl (C=O) groups excluding carboxylic acids is 1. The summed E-state index contributed by atoms with van der Waals surface area (Å²) in [4.78, 5) is 16.5. The van der Waals surface area contributed by atoms with Crippen molar-refractivity contribution in [3.05, 3.63) is 59.2 Å². The van der Waals surface area contributed by atoms with E-state index in [4.69, 9.17) is 0 Å². The van der Waals surface area contributed by atoms with E-state index in [1.54, 1.807) is 36.4 Å². The lowest BCUT2D eigenvalue weighted by atomic mass is 10.2. The molecule has 24 heavy (non-hydrogen) atoms. The van der Waals surface area contributed by atoms with E-state index >= 15 is 0 Å². The van der Waals surface area contributed by atoms with Crippen molar-refractivity contribution in [3.63, 3.8) is 0 Å². The normalized spacial score (nSPS) is 14.4. The molecule has 1 aromatic carbocycles. The molecule has 1 aliphatic carbocycles. The zero-order valence-electron chi connectivity index (χ0n) is 12.8. The number of amides is 1. The molecule has 0 aliphatic heterocycles. The van der Waals surface area contributed by atoms with Gasteiger partial charge in [-0.3, -0.25) is 9.89 Å². The minimum absolute atomic E-state index is 0.166. The van der Waals surface area contributed by atoms with Gasteiger partial charge in [0.2, 0.25) is 0 Å². The third kappa shape index (κ3) is 3.03. The van der Waals surface area contributed by atoms with Crippen molar-refractivity contribution >= 4 is 29.1 Å². The number of aromatic nitrogens is 3. The SMILES string of the molecule is O=C(NC1CC1)c1ccc2[nH]nc(/C=C/c3cccc(F)c3)c2n1. The fourth-order valence-corrected chi connectivity index (χ4v) is 2.43. The lowest BCUT2D eigenvalue weighted by Crippen LogP contribution is -2.26. The van der Waals surface area contributed by atoms with E-state index < -0.39 is 0 Å². The molecule has 4 rings (SSSR count). The van der Waals surface area contributed by atoms with Gasteiger partial charge < -0.3 is 5.32 Å². The number of halogens is 1. The zero-order valence-corrected chi connectivity index (χ0v) is 12.8. The molecule has 5 nitrogen and oxygen atoms in total. The summed E-state index contributed by atoms with van der Waals surface area (Å²) < 4.78 is 13.2. The molecule has 2 N–H and O–H groups in total. The molecule has 2 aromatic heterocycles. The Bertz CT molecular complexity index is 943. The maximum absolute atomic E-state index is 13.2. The summed E-state index contributed by atoms with van der Waals surface area (Å²) in [6.45, 7) is 0. The van der Waals surface area contributed by atoms with Crippen LogP contribution in [0.25, 0.3) is 23.2 Å². The van der Waals surface area contributed by atoms with Crippen molar-refractivity contribution in [3.8, 4) is 0 Å². The first-order valence-corrected chi connectivity index (χ1v) is 7.79. The Morgan fingerprint density at radius 2 is 2.12 bits per heavy atom. The maximum atomic E-state index is 13.2. The van der Waals surface area contributed by atoms with Gasteiger partial charge in [0, 0.05) is 6.04 Å². The van der Waals surface area contributed by atoms with Gasteiger partial charge >= 0.3 is 0 Å². The van der Waals surface area contributed by atoms with E-state index in [-0.39, 0.29) is 17.8 Å². The number of fused-ring (bicyclic) bond motifs is 1. The predicted molar refractivity (Wildman–Crippen MR) is 89.7 cm³/mol. The lowest BCUT2D eigenvalue weighted by Gasteiger charge is -2.02. The minimum Gasteiger partial charge on any atom is -0.348 e. The second-order valence-corrected chi connectivity index (χ2v) is 5.84. The summed E-state index contributed by atoms with van der Waals surface area (Å²) >= 11 is 0. The molecule has 0 bridgehead atoms. The van der Waals surface area contributed by atoms with Gasteiger partial charge in [-0.1, -0.05) is 18.2 Å². The number of aromatic amines is 1. The van der Waals surface area contributed by atoms with Gasteiger partial charge in [0.05, 0.1) is 5.52 Å². The molecular formula is C18H15FN4O. The summed E-state index contributed by atoms with van der Waals surface area (Å²) in [5, 5.41) is 10.0. The number of hydrogen-bond acceptors (Lipinski definition) is 3. The first-order valence-electron chi connectivity index (χ1n) is 7.79. The average molecular weight is 322 g/mol. The fourth-order valence-electron chi connectivity index (χ4n) is 2.43. The smallest absolute Gasteiger partial charge is 0.270 e. The second kappa shape index (κ2) is 5.88. The van der Waals surface area contributed by atoms with E-state index in [0.717, 1.165) is 23.9 Å². The molecule has 0 atom stereocenters. The summed E-state index contributed by atoms with van der Waals surface area (Å²) in [6.07, 6.45) is 5.57. The molecule has 6 heteroatoms. The highest BCUT2D eigenvalue weighted by molar-refractivity contribution is 5.96. The van der Waals surface area contributed by atoms with Crippen LogP contribution in [-0.4, -0.2) is 27.1 Å². The summed E-state index contributed by atoms with van der Waals surface area (Å²) in [6, 6.07) is 10.0. The number of pyridine rings is 1. The van der Waals surface area contributed by atoms with Crippen LogP contribution >= 0.6 is 0 Å². The van der Waals surface area contributed by atoms with Crippen LogP contribution in [0.15, 0.2) is 36.4 Å². The Labute approximate surface area is 137 Å². The highest BCUT2D eigenvalue weighted by Gasteiger charge is 2.24. The number of nitrogens with one attached hydrogen (secondary N) is 2. The number of carbonyl (C=O) groups is 1. The predicted octanol–water partition coefficient (Wildman–Crippen LogP) is 3.16. The third-order valence-electron chi connectivity index (χ3n) is 3.86. The molecule has 0 radical (unpaired) electrons. The Hall–Kier alpha value is -3.02. The van der Waals surface area contributed by atoms with Crippen LogP contribution in [0.4, 0.5) is 4.39 Å². The van der Waals surface area contributed by atoms with Gasteiger partial charge in [0.1, 0.15) is 22.7 Å². The molecule has 0 saturated heterocycles. The van der Waals surface area contributed by atoms with Crippen molar-refractivity contribution in [2.75, 3.05) is 0 Å². The standard InChI is InChI=1S/C18H15FN4O/c19-12-3-1-2-11(10-12)4-7-14-17-15(23-22-14)8-9-16(21-17)18(24)20-13-5-6-13/h1-4,7-10,13H,5-6H2,(H,20,24)(H,22,23)/b7-4+. The Morgan fingerprint density at radius 3 is 2.92 bits per heavy atom. The largest absolute Gasteiger partial charge is 0.348 e. The van der Waals surface area contributed by atoms with Crippen molar-refractivity contribution < 1.29 is 9.18 Å². The monoisotopic (exact) mass is 322 g/mol. The molecule has 1 amide bonds. The molecule has 1 saturated carbocycles. The Kier molecular flexibility index (Phi) is 3.57. The molecule has 0 spiro atoms. The molecule has 2 heterocycles. The number of H-pyrrole nitrogens is 1. The number of rotatable bonds is 4. The van der Waals surface area contributed by atoms with Crippen LogP contribution in [0.1, 0.15) is 34.6 Å². The zero-order chi connectivity index (χ0) is 16.5. The van der Waals surface area contributed by atoms with Crippen LogP contribution < -0.4 is 5.32 Å². The third-order valence-corrected chi connectivity index (χ3v) is 3.86. The van der Waals surface area contributed by atoms with E-state index in [0.29, 0.717) is 16.9 Å². The van der Waals surface area contributed by atoms with Crippen LogP contribution in [0, 0.1) is 5.82 Å². The van der Waals surface area contributed by atoms with Gasteiger partial charge in [0.25, 0.3) is 5.91 Å².